The van der Waals surface area contributed by atoms with Crippen molar-refractivity contribution in [3.05, 3.63) is 47.9 Å². The zero-order chi connectivity index (χ0) is 18.6. The van der Waals surface area contributed by atoms with Gasteiger partial charge in [-0.15, -0.1) is 0 Å². The Morgan fingerprint density at radius 1 is 1.22 bits per heavy atom. The minimum Gasteiger partial charge on any atom is -0.379 e. The van der Waals surface area contributed by atoms with Gasteiger partial charge in [-0.3, -0.25) is 9.69 Å². The number of benzene rings is 1. The molecule has 0 radical (unpaired) electrons. The van der Waals surface area contributed by atoms with Gasteiger partial charge in [-0.1, -0.05) is 18.2 Å². The quantitative estimate of drug-likeness (QED) is 0.866. The molecule has 1 aromatic heterocycles. The molecule has 0 bridgehead atoms. The summed E-state index contributed by atoms with van der Waals surface area (Å²) in [7, 11) is 0. The van der Waals surface area contributed by atoms with E-state index in [1.807, 2.05) is 6.07 Å². The summed E-state index contributed by atoms with van der Waals surface area (Å²) < 4.78 is 5.33. The van der Waals surface area contributed by atoms with Gasteiger partial charge in [0, 0.05) is 37.9 Å². The van der Waals surface area contributed by atoms with E-state index in [0.717, 1.165) is 45.1 Å². The average Bonchev–Trinajstić information content (AvgIpc) is 3.04. The number of rotatable bonds is 5. The molecule has 0 saturated carbocycles. The fourth-order valence-electron chi connectivity index (χ4n) is 3.72. The van der Waals surface area contributed by atoms with E-state index in [1.165, 1.54) is 11.3 Å². The predicted octanol–water partition coefficient (Wildman–Crippen LogP) is 1.62. The minimum atomic E-state index is -0.183. The van der Waals surface area contributed by atoms with Crippen molar-refractivity contribution in [3.63, 3.8) is 0 Å². The maximum Gasteiger partial charge on any atom is 0.271 e. The highest BCUT2D eigenvalue weighted by Gasteiger charge is 2.28. The molecule has 3 heterocycles. The number of fused-ring (bicyclic) bond motifs is 1. The smallest absolute Gasteiger partial charge is 0.271 e. The Balaban J connectivity index is 1.36. The first kappa shape index (κ1) is 17.9. The van der Waals surface area contributed by atoms with E-state index in [0.29, 0.717) is 18.3 Å². The van der Waals surface area contributed by atoms with Crippen molar-refractivity contribution in [2.24, 2.45) is 0 Å². The normalized spacial score (nSPS) is 19.7. The summed E-state index contributed by atoms with van der Waals surface area (Å²) >= 11 is 0. The zero-order valence-corrected chi connectivity index (χ0v) is 15.6. The standard InChI is InChI=1S/C20H25N5O2/c1-15-12-16-4-2-3-5-18(16)25(15)19-14-22-17(13-23-19)20(26)21-6-7-24-8-10-27-11-9-24/h2-5,13-15H,6-12H2,1H3,(H,21,26). The number of carbonyl (C=O) groups excluding carboxylic acids is 1. The average molecular weight is 367 g/mol. The van der Waals surface area contributed by atoms with Crippen LogP contribution in [0.1, 0.15) is 23.0 Å². The summed E-state index contributed by atoms with van der Waals surface area (Å²) in [5, 5.41) is 2.92. The molecule has 2 aromatic rings. The number of nitrogens with one attached hydrogen (secondary N) is 1. The largest absolute Gasteiger partial charge is 0.379 e. The zero-order valence-electron chi connectivity index (χ0n) is 15.6. The number of morpholine rings is 1. The molecule has 2 aliphatic heterocycles. The van der Waals surface area contributed by atoms with E-state index in [1.54, 1.807) is 12.4 Å². The number of hydrogen-bond acceptors (Lipinski definition) is 6. The van der Waals surface area contributed by atoms with Crippen molar-refractivity contribution in [3.8, 4) is 0 Å². The molecule has 0 aliphatic carbocycles. The molecule has 0 spiro atoms. The Bertz CT molecular complexity index is 789. The Kier molecular flexibility index (Phi) is 5.31. The van der Waals surface area contributed by atoms with Gasteiger partial charge in [-0.25, -0.2) is 9.97 Å². The van der Waals surface area contributed by atoms with Gasteiger partial charge in [-0.2, -0.15) is 0 Å². The predicted molar refractivity (Wildman–Crippen MR) is 103 cm³/mol. The highest BCUT2D eigenvalue weighted by Crippen LogP contribution is 2.36. The molecular weight excluding hydrogens is 342 g/mol. The van der Waals surface area contributed by atoms with Gasteiger partial charge in [0.15, 0.2) is 5.82 Å². The van der Waals surface area contributed by atoms with Crippen LogP contribution in [0.15, 0.2) is 36.7 Å². The van der Waals surface area contributed by atoms with Crippen molar-refractivity contribution in [2.45, 2.75) is 19.4 Å². The molecule has 7 heteroatoms. The number of amides is 1. The molecule has 1 aromatic carbocycles. The third kappa shape index (κ3) is 3.94. The van der Waals surface area contributed by atoms with Crippen molar-refractivity contribution in [1.29, 1.82) is 0 Å². The van der Waals surface area contributed by atoms with Gasteiger partial charge in [0.1, 0.15) is 5.69 Å². The molecular formula is C20H25N5O2. The van der Waals surface area contributed by atoms with E-state index in [-0.39, 0.29) is 5.91 Å². The third-order valence-electron chi connectivity index (χ3n) is 5.14. The second-order valence-electron chi connectivity index (χ2n) is 7.02. The number of nitrogens with zero attached hydrogens (tertiary/aromatic N) is 4. The topological polar surface area (TPSA) is 70.6 Å². The lowest BCUT2D eigenvalue weighted by atomic mass is 10.1. The third-order valence-corrected chi connectivity index (χ3v) is 5.14. The lowest BCUT2D eigenvalue weighted by Gasteiger charge is -2.26. The molecule has 27 heavy (non-hydrogen) atoms. The molecule has 7 nitrogen and oxygen atoms in total. The fourth-order valence-corrected chi connectivity index (χ4v) is 3.72. The second kappa shape index (κ2) is 8.02. The van der Waals surface area contributed by atoms with Gasteiger partial charge in [0.2, 0.25) is 0 Å². The van der Waals surface area contributed by atoms with Crippen LogP contribution < -0.4 is 10.2 Å². The van der Waals surface area contributed by atoms with Crippen LogP contribution in [0.4, 0.5) is 11.5 Å². The maximum absolute atomic E-state index is 12.3. The van der Waals surface area contributed by atoms with Crippen molar-refractivity contribution >= 4 is 17.4 Å². The Morgan fingerprint density at radius 2 is 2.04 bits per heavy atom. The maximum atomic E-state index is 12.3. The first-order chi connectivity index (χ1) is 13.2. The second-order valence-corrected chi connectivity index (χ2v) is 7.02. The molecule has 1 unspecified atom stereocenters. The van der Waals surface area contributed by atoms with Gasteiger partial charge < -0.3 is 15.0 Å². The number of carbonyl (C=O) groups is 1. The van der Waals surface area contributed by atoms with E-state index in [4.69, 9.17) is 4.74 Å². The first-order valence-corrected chi connectivity index (χ1v) is 9.50. The highest BCUT2D eigenvalue weighted by atomic mass is 16.5. The summed E-state index contributed by atoms with van der Waals surface area (Å²) in [5.74, 6) is 0.592. The van der Waals surface area contributed by atoms with E-state index < -0.39 is 0 Å². The highest BCUT2D eigenvalue weighted by molar-refractivity contribution is 5.92. The Labute approximate surface area is 159 Å². The van der Waals surface area contributed by atoms with E-state index in [2.05, 4.69) is 50.2 Å². The monoisotopic (exact) mass is 367 g/mol. The Hall–Kier alpha value is -2.51. The van der Waals surface area contributed by atoms with Crippen LogP contribution in [0.3, 0.4) is 0 Å². The summed E-state index contributed by atoms with van der Waals surface area (Å²) in [6.07, 6.45) is 4.24. The molecule has 142 valence electrons. The number of hydrogen-bond donors (Lipinski definition) is 1. The van der Waals surface area contributed by atoms with Gasteiger partial charge in [0.25, 0.3) is 5.91 Å². The van der Waals surface area contributed by atoms with Gasteiger partial charge in [0.05, 0.1) is 25.6 Å². The van der Waals surface area contributed by atoms with Gasteiger partial charge in [-0.05, 0) is 25.0 Å². The number of para-hydroxylation sites is 1. The summed E-state index contributed by atoms with van der Waals surface area (Å²) in [6.45, 7) is 6.95. The van der Waals surface area contributed by atoms with Crippen LogP contribution in [0.5, 0.6) is 0 Å². The molecule has 1 atom stereocenters. The lowest BCUT2D eigenvalue weighted by molar-refractivity contribution is 0.0383. The molecule has 1 N–H and O–H groups in total. The van der Waals surface area contributed by atoms with Gasteiger partial charge >= 0.3 is 0 Å². The molecule has 4 rings (SSSR count). The summed E-state index contributed by atoms with van der Waals surface area (Å²) in [4.78, 5) is 25.6. The number of aromatic nitrogens is 2. The van der Waals surface area contributed by atoms with Crippen LogP contribution in [-0.2, 0) is 11.2 Å². The summed E-state index contributed by atoms with van der Waals surface area (Å²) in [6, 6.07) is 8.67. The number of anilines is 2. The van der Waals surface area contributed by atoms with Crippen molar-refractivity contribution in [1.82, 2.24) is 20.2 Å². The molecule has 1 saturated heterocycles. The van der Waals surface area contributed by atoms with Crippen molar-refractivity contribution in [2.75, 3.05) is 44.3 Å². The minimum absolute atomic E-state index is 0.183. The fraction of sp³-hybridized carbons (Fsp3) is 0.450. The van der Waals surface area contributed by atoms with Crippen LogP contribution in [0, 0.1) is 0 Å². The van der Waals surface area contributed by atoms with Crippen LogP contribution in [-0.4, -0.2) is 66.2 Å². The lowest BCUT2D eigenvalue weighted by Crippen LogP contribution is -2.41. The van der Waals surface area contributed by atoms with Crippen LogP contribution in [0.25, 0.3) is 0 Å². The molecule has 2 aliphatic rings. The van der Waals surface area contributed by atoms with Crippen LogP contribution >= 0.6 is 0 Å². The SMILES string of the molecule is CC1Cc2ccccc2N1c1cnc(C(=O)NCCN2CCOCC2)cn1. The van der Waals surface area contributed by atoms with E-state index in [9.17, 15) is 4.79 Å². The Morgan fingerprint density at radius 3 is 2.81 bits per heavy atom. The molecule has 1 amide bonds. The first-order valence-electron chi connectivity index (χ1n) is 9.50. The van der Waals surface area contributed by atoms with E-state index >= 15 is 0 Å². The van der Waals surface area contributed by atoms with Crippen molar-refractivity contribution < 1.29 is 9.53 Å². The summed E-state index contributed by atoms with van der Waals surface area (Å²) in [5.41, 5.74) is 2.83. The molecule has 1 fully saturated rings. The number of ether oxygens (including phenoxy) is 1. The van der Waals surface area contributed by atoms with Crippen LogP contribution in [0.2, 0.25) is 0 Å².